The Hall–Kier alpha value is -2.48. The molecule has 2 heterocycles. The number of halogens is 1. The number of nitrogens with one attached hydrogen (secondary N) is 2. The molecule has 0 atom stereocenters. The van der Waals surface area contributed by atoms with Gasteiger partial charge in [-0.25, -0.2) is 22.5 Å². The van der Waals surface area contributed by atoms with Crippen molar-refractivity contribution < 1.29 is 12.8 Å². The lowest BCUT2D eigenvalue weighted by molar-refractivity contribution is 0.592. The SMILES string of the molecule is O=S(=O)(Nc1nc2ccccc2[nH]1)c1cncc(F)c1. The second kappa shape index (κ2) is 4.57. The highest BCUT2D eigenvalue weighted by Gasteiger charge is 2.17. The third-order valence-electron chi connectivity index (χ3n) is 2.61. The lowest BCUT2D eigenvalue weighted by atomic mass is 10.3. The number of H-pyrrole nitrogens is 1. The van der Waals surface area contributed by atoms with Gasteiger partial charge < -0.3 is 4.98 Å². The van der Waals surface area contributed by atoms with E-state index in [1.54, 1.807) is 24.3 Å². The number of para-hydroxylation sites is 2. The minimum absolute atomic E-state index is 0.0652. The number of pyridine rings is 1. The standard InChI is InChI=1S/C12H9FN4O2S/c13-8-5-9(7-14-6-8)20(18,19)17-12-15-10-3-1-2-4-11(10)16-12/h1-7H,(H2,15,16,17). The molecule has 2 aromatic heterocycles. The first-order valence-corrected chi connectivity index (χ1v) is 7.11. The van der Waals surface area contributed by atoms with Crippen molar-refractivity contribution in [2.24, 2.45) is 0 Å². The molecule has 0 bridgehead atoms. The zero-order valence-electron chi connectivity index (χ0n) is 10.0. The maximum Gasteiger partial charge on any atom is 0.265 e. The zero-order valence-corrected chi connectivity index (χ0v) is 10.9. The Morgan fingerprint density at radius 2 is 2.00 bits per heavy atom. The van der Waals surface area contributed by atoms with Gasteiger partial charge in [0.1, 0.15) is 10.7 Å². The van der Waals surface area contributed by atoms with Gasteiger partial charge in [0.15, 0.2) is 0 Å². The molecule has 0 aliphatic rings. The van der Waals surface area contributed by atoms with Crippen molar-refractivity contribution in [2.75, 3.05) is 4.72 Å². The van der Waals surface area contributed by atoms with Crippen LogP contribution in [-0.4, -0.2) is 23.4 Å². The van der Waals surface area contributed by atoms with Gasteiger partial charge in [0.25, 0.3) is 10.0 Å². The van der Waals surface area contributed by atoms with E-state index in [1.807, 2.05) is 0 Å². The van der Waals surface area contributed by atoms with Crippen LogP contribution in [0.1, 0.15) is 0 Å². The summed E-state index contributed by atoms with van der Waals surface area (Å²) in [6.07, 6.45) is 1.99. The van der Waals surface area contributed by atoms with Crippen LogP contribution in [0.25, 0.3) is 11.0 Å². The van der Waals surface area contributed by atoms with Crippen LogP contribution in [0.4, 0.5) is 10.3 Å². The number of rotatable bonds is 3. The van der Waals surface area contributed by atoms with E-state index in [2.05, 4.69) is 19.7 Å². The Morgan fingerprint density at radius 3 is 2.75 bits per heavy atom. The summed E-state index contributed by atoms with van der Waals surface area (Å²) in [5.41, 5.74) is 1.32. The highest BCUT2D eigenvalue weighted by Crippen LogP contribution is 2.17. The van der Waals surface area contributed by atoms with Gasteiger partial charge in [-0.05, 0) is 18.2 Å². The van der Waals surface area contributed by atoms with Crippen molar-refractivity contribution >= 4 is 27.0 Å². The highest BCUT2D eigenvalue weighted by atomic mass is 32.2. The summed E-state index contributed by atoms with van der Waals surface area (Å²) in [6.45, 7) is 0. The zero-order chi connectivity index (χ0) is 14.2. The largest absolute Gasteiger partial charge is 0.323 e. The van der Waals surface area contributed by atoms with Crippen molar-refractivity contribution in [2.45, 2.75) is 4.90 Å². The first-order chi connectivity index (χ1) is 9.54. The molecule has 3 aromatic rings. The van der Waals surface area contributed by atoms with E-state index in [-0.39, 0.29) is 10.8 Å². The number of fused-ring (bicyclic) bond motifs is 1. The number of nitrogens with zero attached hydrogens (tertiary/aromatic N) is 2. The molecule has 0 fully saturated rings. The lowest BCUT2D eigenvalue weighted by Gasteiger charge is -2.04. The third-order valence-corrected chi connectivity index (χ3v) is 3.92. The van der Waals surface area contributed by atoms with Gasteiger partial charge in [0, 0.05) is 6.20 Å². The smallest absolute Gasteiger partial charge is 0.265 e. The van der Waals surface area contributed by atoms with E-state index < -0.39 is 15.8 Å². The summed E-state index contributed by atoms with van der Waals surface area (Å²) >= 11 is 0. The summed E-state index contributed by atoms with van der Waals surface area (Å²) in [7, 11) is -3.93. The van der Waals surface area contributed by atoms with E-state index in [1.165, 1.54) is 0 Å². The van der Waals surface area contributed by atoms with Crippen LogP contribution in [0, 0.1) is 5.82 Å². The van der Waals surface area contributed by atoms with Crippen LogP contribution in [0.3, 0.4) is 0 Å². The molecule has 2 N–H and O–H groups in total. The van der Waals surface area contributed by atoms with Crippen molar-refractivity contribution in [1.82, 2.24) is 15.0 Å². The molecule has 0 aliphatic heterocycles. The number of hydrogen-bond donors (Lipinski definition) is 2. The Bertz CT molecular complexity index is 843. The molecule has 0 spiro atoms. The Labute approximate surface area is 113 Å². The predicted octanol–water partition coefficient (Wildman–Crippen LogP) is 1.90. The minimum Gasteiger partial charge on any atom is -0.323 e. The molecule has 1 aromatic carbocycles. The summed E-state index contributed by atoms with van der Waals surface area (Å²) < 4.78 is 39.4. The molecule has 6 nitrogen and oxygen atoms in total. The van der Waals surface area contributed by atoms with Crippen LogP contribution in [-0.2, 0) is 10.0 Å². The van der Waals surface area contributed by atoms with Gasteiger partial charge in [-0.15, -0.1) is 0 Å². The summed E-state index contributed by atoms with van der Waals surface area (Å²) in [5.74, 6) is -0.659. The Morgan fingerprint density at radius 1 is 1.20 bits per heavy atom. The van der Waals surface area contributed by atoms with Gasteiger partial charge in [-0.3, -0.25) is 4.98 Å². The summed E-state index contributed by atoms with van der Waals surface area (Å²) in [6, 6.07) is 7.99. The molecule has 0 saturated heterocycles. The van der Waals surface area contributed by atoms with E-state index >= 15 is 0 Å². The number of benzene rings is 1. The maximum atomic E-state index is 13.0. The quantitative estimate of drug-likeness (QED) is 0.771. The van der Waals surface area contributed by atoms with Crippen LogP contribution >= 0.6 is 0 Å². The molecule has 3 rings (SSSR count). The van der Waals surface area contributed by atoms with E-state index in [9.17, 15) is 12.8 Å². The van der Waals surface area contributed by atoms with E-state index in [0.717, 1.165) is 18.5 Å². The number of imidazole rings is 1. The van der Waals surface area contributed by atoms with Gasteiger partial charge in [0.2, 0.25) is 5.95 Å². The van der Waals surface area contributed by atoms with Gasteiger partial charge in [0.05, 0.1) is 17.2 Å². The molecular formula is C12H9FN4O2S. The number of sulfonamides is 1. The Kier molecular flexibility index (Phi) is 2.87. The second-order valence-electron chi connectivity index (χ2n) is 4.05. The monoisotopic (exact) mass is 292 g/mol. The second-order valence-corrected chi connectivity index (χ2v) is 5.73. The minimum atomic E-state index is -3.93. The first kappa shape index (κ1) is 12.5. The number of aromatic amines is 1. The molecule has 8 heteroatoms. The normalized spacial score (nSPS) is 11.7. The van der Waals surface area contributed by atoms with Crippen LogP contribution in [0.5, 0.6) is 0 Å². The lowest BCUT2D eigenvalue weighted by Crippen LogP contribution is -2.14. The van der Waals surface area contributed by atoms with E-state index in [4.69, 9.17) is 0 Å². The van der Waals surface area contributed by atoms with Crippen molar-refractivity contribution in [3.05, 3.63) is 48.5 Å². The first-order valence-electron chi connectivity index (χ1n) is 5.63. The molecule has 102 valence electrons. The van der Waals surface area contributed by atoms with Crippen molar-refractivity contribution in [1.29, 1.82) is 0 Å². The fourth-order valence-corrected chi connectivity index (χ4v) is 2.66. The Balaban J connectivity index is 1.97. The fourth-order valence-electron chi connectivity index (χ4n) is 1.73. The van der Waals surface area contributed by atoms with Crippen LogP contribution in [0.15, 0.2) is 47.6 Å². The van der Waals surface area contributed by atoms with Gasteiger partial charge in [-0.1, -0.05) is 12.1 Å². The van der Waals surface area contributed by atoms with Crippen molar-refractivity contribution in [3.63, 3.8) is 0 Å². The van der Waals surface area contributed by atoms with Crippen LogP contribution < -0.4 is 4.72 Å². The molecule has 0 amide bonds. The van der Waals surface area contributed by atoms with Crippen LogP contribution in [0.2, 0.25) is 0 Å². The highest BCUT2D eigenvalue weighted by molar-refractivity contribution is 7.92. The van der Waals surface area contributed by atoms with E-state index in [0.29, 0.717) is 11.0 Å². The predicted molar refractivity (Wildman–Crippen MR) is 71.1 cm³/mol. The number of hydrogen-bond acceptors (Lipinski definition) is 4. The molecule has 0 radical (unpaired) electrons. The molecule has 0 saturated carbocycles. The summed E-state index contributed by atoms with van der Waals surface area (Å²) in [5, 5.41) is 0. The van der Waals surface area contributed by atoms with Gasteiger partial charge in [-0.2, -0.15) is 0 Å². The maximum absolute atomic E-state index is 13.0. The molecule has 20 heavy (non-hydrogen) atoms. The average Bonchev–Trinajstić information content (AvgIpc) is 2.80. The molecule has 0 unspecified atom stereocenters. The average molecular weight is 292 g/mol. The van der Waals surface area contributed by atoms with Gasteiger partial charge >= 0.3 is 0 Å². The number of anilines is 1. The topological polar surface area (TPSA) is 87.7 Å². The van der Waals surface area contributed by atoms with Crippen molar-refractivity contribution in [3.8, 4) is 0 Å². The molecule has 0 aliphatic carbocycles. The fraction of sp³-hybridized carbons (Fsp3) is 0. The number of aromatic nitrogens is 3. The third kappa shape index (κ3) is 2.32. The molecular weight excluding hydrogens is 283 g/mol. The summed E-state index contributed by atoms with van der Waals surface area (Å²) in [4.78, 5) is 10.2.